The third kappa shape index (κ3) is 4.47. The van der Waals surface area contributed by atoms with Gasteiger partial charge in [-0.3, -0.25) is 4.79 Å². The first-order chi connectivity index (χ1) is 10.1. The second-order valence-electron chi connectivity index (χ2n) is 4.00. The molecule has 0 aliphatic carbocycles. The van der Waals surface area contributed by atoms with Crippen LogP contribution in [0.25, 0.3) is 0 Å². The number of anilines is 1. The van der Waals surface area contributed by atoms with E-state index in [-0.39, 0.29) is 18.2 Å². The van der Waals surface area contributed by atoms with Crippen LogP contribution < -0.4 is 5.32 Å². The fourth-order valence-corrected chi connectivity index (χ4v) is 2.09. The van der Waals surface area contributed by atoms with E-state index in [0.29, 0.717) is 21.3 Å². The summed E-state index contributed by atoms with van der Waals surface area (Å²) >= 11 is 11.7. The summed E-state index contributed by atoms with van der Waals surface area (Å²) in [6.07, 6.45) is 1.46. The number of aromatic nitrogens is 1. The quantitative estimate of drug-likeness (QED) is 0.836. The molecule has 0 bridgehead atoms. The molecule has 106 valence electrons. The number of carbonyl (C=O) groups excluding carboxylic acids is 1. The molecule has 1 heterocycles. The molecule has 0 aliphatic heterocycles. The van der Waals surface area contributed by atoms with Crippen molar-refractivity contribution in [3.8, 4) is 11.8 Å². The molecule has 21 heavy (non-hydrogen) atoms. The molecule has 4 nitrogen and oxygen atoms in total. The minimum Gasteiger partial charge on any atom is -0.384 e. The van der Waals surface area contributed by atoms with E-state index in [1.807, 2.05) is 0 Å². The summed E-state index contributed by atoms with van der Waals surface area (Å²) < 4.78 is 0. The molecule has 0 saturated carbocycles. The molecule has 2 rings (SSSR count). The van der Waals surface area contributed by atoms with Crippen LogP contribution in [0, 0.1) is 11.8 Å². The lowest BCUT2D eigenvalue weighted by atomic mass is 10.2. The predicted molar refractivity (Wildman–Crippen MR) is 82.6 cm³/mol. The van der Waals surface area contributed by atoms with E-state index < -0.39 is 0 Å². The van der Waals surface area contributed by atoms with Crippen LogP contribution in [0.3, 0.4) is 0 Å². The maximum atomic E-state index is 12.0. The third-order valence-electron chi connectivity index (χ3n) is 2.43. The van der Waals surface area contributed by atoms with Crippen molar-refractivity contribution in [2.24, 2.45) is 0 Å². The Labute approximate surface area is 131 Å². The van der Waals surface area contributed by atoms with Crippen LogP contribution in [0.5, 0.6) is 0 Å². The molecule has 2 aromatic rings. The van der Waals surface area contributed by atoms with Gasteiger partial charge in [-0.25, -0.2) is 4.98 Å². The largest absolute Gasteiger partial charge is 0.384 e. The van der Waals surface area contributed by atoms with Crippen LogP contribution >= 0.6 is 23.2 Å². The number of nitrogens with zero attached hydrogens (tertiary/aromatic N) is 1. The Kier molecular flexibility index (Phi) is 5.18. The standard InChI is InChI=1S/C15H10Cl2N2O2/c16-11-6-12(17)8-13(7-11)19-15(21)14-4-3-10(9-18-14)2-1-5-20/h3-4,6-9,20H,5H2,(H,19,21). The normalized spacial score (nSPS) is 9.67. The zero-order chi connectivity index (χ0) is 15.2. The second kappa shape index (κ2) is 7.09. The van der Waals surface area contributed by atoms with Crippen molar-refractivity contribution in [1.29, 1.82) is 0 Å². The van der Waals surface area contributed by atoms with E-state index in [4.69, 9.17) is 28.3 Å². The molecule has 0 spiro atoms. The topological polar surface area (TPSA) is 62.2 Å². The van der Waals surface area contributed by atoms with Gasteiger partial charge in [0.05, 0.1) is 0 Å². The summed E-state index contributed by atoms with van der Waals surface area (Å²) in [6, 6.07) is 7.95. The van der Waals surface area contributed by atoms with E-state index >= 15 is 0 Å². The van der Waals surface area contributed by atoms with Crippen molar-refractivity contribution in [3.05, 3.63) is 57.8 Å². The minimum absolute atomic E-state index is 0.224. The average molecular weight is 321 g/mol. The molecule has 6 heteroatoms. The van der Waals surface area contributed by atoms with Gasteiger partial charge in [0.2, 0.25) is 0 Å². The van der Waals surface area contributed by atoms with Gasteiger partial charge in [0.1, 0.15) is 12.3 Å². The van der Waals surface area contributed by atoms with Crippen LogP contribution in [0.2, 0.25) is 10.0 Å². The van der Waals surface area contributed by atoms with Gasteiger partial charge in [-0.05, 0) is 30.3 Å². The van der Waals surface area contributed by atoms with Crippen molar-refractivity contribution in [2.45, 2.75) is 0 Å². The van der Waals surface area contributed by atoms with Crippen LogP contribution in [0.1, 0.15) is 16.1 Å². The van der Waals surface area contributed by atoms with Gasteiger partial charge in [0.15, 0.2) is 0 Å². The fraction of sp³-hybridized carbons (Fsp3) is 0.0667. The summed E-state index contributed by atoms with van der Waals surface area (Å²) in [5, 5.41) is 12.1. The zero-order valence-electron chi connectivity index (χ0n) is 10.7. The molecule has 0 fully saturated rings. The van der Waals surface area contributed by atoms with Crippen molar-refractivity contribution >= 4 is 34.8 Å². The Morgan fingerprint density at radius 2 is 1.95 bits per heavy atom. The summed E-state index contributed by atoms with van der Waals surface area (Å²) in [4.78, 5) is 16.0. The summed E-state index contributed by atoms with van der Waals surface area (Å²) in [5.74, 6) is 4.82. The highest BCUT2D eigenvalue weighted by atomic mass is 35.5. The first-order valence-corrected chi connectivity index (χ1v) is 6.67. The lowest BCUT2D eigenvalue weighted by molar-refractivity contribution is 0.102. The number of hydrogen-bond acceptors (Lipinski definition) is 3. The van der Waals surface area contributed by atoms with Crippen molar-refractivity contribution in [2.75, 3.05) is 11.9 Å². The molecule has 0 atom stereocenters. The maximum Gasteiger partial charge on any atom is 0.274 e. The molecule has 0 radical (unpaired) electrons. The van der Waals surface area contributed by atoms with E-state index in [2.05, 4.69) is 22.1 Å². The van der Waals surface area contributed by atoms with E-state index in [1.54, 1.807) is 30.3 Å². The van der Waals surface area contributed by atoms with Gasteiger partial charge in [-0.2, -0.15) is 0 Å². The van der Waals surface area contributed by atoms with Gasteiger partial charge >= 0.3 is 0 Å². The van der Waals surface area contributed by atoms with E-state index in [0.717, 1.165) is 0 Å². The van der Waals surface area contributed by atoms with Crippen LogP contribution in [0.4, 0.5) is 5.69 Å². The van der Waals surface area contributed by atoms with Crippen LogP contribution in [-0.2, 0) is 0 Å². The maximum absolute atomic E-state index is 12.0. The second-order valence-corrected chi connectivity index (χ2v) is 4.88. The summed E-state index contributed by atoms with van der Waals surface area (Å²) in [7, 11) is 0. The van der Waals surface area contributed by atoms with Crippen LogP contribution in [-0.4, -0.2) is 22.6 Å². The first-order valence-electron chi connectivity index (χ1n) is 5.92. The summed E-state index contributed by atoms with van der Waals surface area (Å²) in [5.41, 5.74) is 1.34. The molecular formula is C15H10Cl2N2O2. The number of aliphatic hydroxyl groups excluding tert-OH is 1. The highest BCUT2D eigenvalue weighted by Gasteiger charge is 2.08. The number of benzene rings is 1. The van der Waals surface area contributed by atoms with Gasteiger partial charge in [-0.15, -0.1) is 0 Å². The average Bonchev–Trinajstić information content (AvgIpc) is 2.44. The number of hydrogen-bond donors (Lipinski definition) is 2. The molecule has 2 N–H and O–H groups in total. The first kappa shape index (κ1) is 15.3. The number of pyridine rings is 1. The van der Waals surface area contributed by atoms with Gasteiger partial charge in [0, 0.05) is 27.5 Å². The number of rotatable bonds is 2. The molecule has 1 aromatic carbocycles. The Bertz CT molecular complexity index is 698. The van der Waals surface area contributed by atoms with Crippen molar-refractivity contribution in [1.82, 2.24) is 4.98 Å². The number of carbonyl (C=O) groups is 1. The lowest BCUT2D eigenvalue weighted by Gasteiger charge is -2.06. The number of amides is 1. The van der Waals surface area contributed by atoms with Gasteiger partial charge in [0.25, 0.3) is 5.91 Å². The highest BCUT2D eigenvalue weighted by Crippen LogP contribution is 2.22. The SMILES string of the molecule is O=C(Nc1cc(Cl)cc(Cl)c1)c1ccc(C#CCO)cn1. The number of aliphatic hydroxyl groups is 1. The minimum atomic E-state index is -0.380. The molecular weight excluding hydrogens is 311 g/mol. The number of nitrogens with one attached hydrogen (secondary N) is 1. The molecule has 1 amide bonds. The van der Waals surface area contributed by atoms with Crippen molar-refractivity contribution in [3.63, 3.8) is 0 Å². The molecule has 0 unspecified atom stereocenters. The van der Waals surface area contributed by atoms with Gasteiger partial charge in [-0.1, -0.05) is 35.0 Å². The van der Waals surface area contributed by atoms with E-state index in [1.165, 1.54) is 6.20 Å². The molecule has 1 aromatic heterocycles. The predicted octanol–water partition coefficient (Wildman–Crippen LogP) is 2.98. The Morgan fingerprint density at radius 1 is 1.24 bits per heavy atom. The smallest absolute Gasteiger partial charge is 0.274 e. The van der Waals surface area contributed by atoms with E-state index in [9.17, 15) is 4.79 Å². The monoisotopic (exact) mass is 320 g/mol. The zero-order valence-corrected chi connectivity index (χ0v) is 12.2. The third-order valence-corrected chi connectivity index (χ3v) is 2.86. The lowest BCUT2D eigenvalue weighted by Crippen LogP contribution is -2.13. The Balaban J connectivity index is 2.13. The Hall–Kier alpha value is -2.06. The molecule has 0 saturated heterocycles. The van der Waals surface area contributed by atoms with Crippen LogP contribution in [0.15, 0.2) is 36.5 Å². The fourth-order valence-electron chi connectivity index (χ4n) is 1.56. The Morgan fingerprint density at radius 3 is 2.52 bits per heavy atom. The molecule has 0 aliphatic rings. The van der Waals surface area contributed by atoms with Crippen molar-refractivity contribution < 1.29 is 9.90 Å². The summed E-state index contributed by atoms with van der Waals surface area (Å²) in [6.45, 7) is -0.224. The van der Waals surface area contributed by atoms with Gasteiger partial charge < -0.3 is 10.4 Å². The highest BCUT2D eigenvalue weighted by molar-refractivity contribution is 6.35. The number of halogens is 2.